The summed E-state index contributed by atoms with van der Waals surface area (Å²) in [6, 6.07) is 25.5. The second-order valence-corrected chi connectivity index (χ2v) is 8.84. The monoisotopic (exact) mass is 440 g/mol. The molecule has 0 spiro atoms. The number of carbonyl (C=O) groups is 2. The topological polar surface area (TPSA) is 49.9 Å². The van der Waals surface area contributed by atoms with Gasteiger partial charge in [0.2, 0.25) is 5.91 Å². The first-order chi connectivity index (χ1) is 16.1. The second-order valence-electron chi connectivity index (χ2n) is 8.84. The Bertz CT molecular complexity index is 1160. The van der Waals surface area contributed by atoms with E-state index in [1.807, 2.05) is 70.5 Å². The molecule has 168 valence electrons. The molecule has 5 nitrogen and oxygen atoms in total. The lowest BCUT2D eigenvalue weighted by Gasteiger charge is -2.32. The maximum atomic E-state index is 13.8. The Kier molecular flexibility index (Phi) is 5.86. The highest BCUT2D eigenvalue weighted by atomic mass is 16.5. The van der Waals surface area contributed by atoms with Gasteiger partial charge in [-0.15, -0.1) is 0 Å². The van der Waals surface area contributed by atoms with E-state index in [9.17, 15) is 9.59 Å². The number of fused-ring (bicyclic) bond motifs is 1. The summed E-state index contributed by atoms with van der Waals surface area (Å²) in [4.78, 5) is 30.8. The van der Waals surface area contributed by atoms with Crippen LogP contribution in [0.25, 0.3) is 0 Å². The molecule has 2 aliphatic rings. The summed E-state index contributed by atoms with van der Waals surface area (Å²) >= 11 is 0. The normalized spacial score (nSPS) is 19.8. The van der Waals surface area contributed by atoms with E-state index >= 15 is 0 Å². The van der Waals surface area contributed by atoms with Crippen LogP contribution in [-0.4, -0.2) is 48.4 Å². The van der Waals surface area contributed by atoms with Crippen molar-refractivity contribution in [1.82, 2.24) is 9.80 Å². The molecule has 5 rings (SSSR count). The number of hydrogen-bond donors (Lipinski definition) is 0. The molecule has 2 amide bonds. The van der Waals surface area contributed by atoms with Crippen LogP contribution in [0.2, 0.25) is 0 Å². The van der Waals surface area contributed by atoms with Crippen LogP contribution in [-0.2, 0) is 17.8 Å². The van der Waals surface area contributed by atoms with Gasteiger partial charge in [0.15, 0.2) is 0 Å². The van der Waals surface area contributed by atoms with Gasteiger partial charge in [0.25, 0.3) is 5.91 Å². The van der Waals surface area contributed by atoms with Crippen LogP contribution in [0.4, 0.5) is 0 Å². The van der Waals surface area contributed by atoms with E-state index in [-0.39, 0.29) is 23.7 Å². The van der Waals surface area contributed by atoms with E-state index in [1.54, 1.807) is 7.11 Å². The number of rotatable bonds is 4. The number of methoxy groups -OCH3 is 1. The summed E-state index contributed by atoms with van der Waals surface area (Å²) in [6.07, 6.45) is 0.866. The number of benzene rings is 3. The van der Waals surface area contributed by atoms with Crippen LogP contribution >= 0.6 is 0 Å². The first-order valence-electron chi connectivity index (χ1n) is 11.5. The van der Waals surface area contributed by atoms with Crippen molar-refractivity contribution in [2.24, 2.45) is 5.92 Å². The highest BCUT2D eigenvalue weighted by Gasteiger charge is 2.42. The van der Waals surface area contributed by atoms with Crippen LogP contribution in [0.3, 0.4) is 0 Å². The standard InChI is InChI=1S/C28H28N2O3/c1-33-24-13-7-12-22(16-24)25-18-30(27(31)21-9-3-2-4-10-21)19-26(25)28(32)29-15-14-20-8-5-6-11-23(20)17-29/h2-13,16,25-26H,14-15,17-19H2,1H3. The van der Waals surface area contributed by atoms with Gasteiger partial charge in [-0.05, 0) is 47.4 Å². The van der Waals surface area contributed by atoms with Gasteiger partial charge in [-0.2, -0.15) is 0 Å². The Labute approximate surface area is 194 Å². The molecule has 0 saturated carbocycles. The van der Waals surface area contributed by atoms with Crippen molar-refractivity contribution in [2.75, 3.05) is 26.7 Å². The van der Waals surface area contributed by atoms with E-state index in [0.717, 1.165) is 17.7 Å². The lowest BCUT2D eigenvalue weighted by molar-refractivity contribution is -0.136. The van der Waals surface area contributed by atoms with Gasteiger partial charge >= 0.3 is 0 Å². The van der Waals surface area contributed by atoms with E-state index in [4.69, 9.17) is 4.74 Å². The molecule has 0 aliphatic carbocycles. The second kappa shape index (κ2) is 9.10. The maximum Gasteiger partial charge on any atom is 0.253 e. The summed E-state index contributed by atoms with van der Waals surface area (Å²) in [6.45, 7) is 2.28. The largest absolute Gasteiger partial charge is 0.497 e. The smallest absolute Gasteiger partial charge is 0.253 e. The molecule has 2 aliphatic heterocycles. The zero-order chi connectivity index (χ0) is 22.8. The number of hydrogen-bond acceptors (Lipinski definition) is 3. The van der Waals surface area contributed by atoms with Crippen molar-refractivity contribution in [3.8, 4) is 5.75 Å². The minimum Gasteiger partial charge on any atom is -0.497 e. The van der Waals surface area contributed by atoms with Crippen molar-refractivity contribution < 1.29 is 14.3 Å². The molecule has 0 N–H and O–H groups in total. The Hall–Kier alpha value is -3.60. The third kappa shape index (κ3) is 4.23. The fourth-order valence-electron chi connectivity index (χ4n) is 5.11. The van der Waals surface area contributed by atoms with Crippen molar-refractivity contribution in [1.29, 1.82) is 0 Å². The summed E-state index contributed by atoms with van der Waals surface area (Å²) in [7, 11) is 1.65. The lowest BCUT2D eigenvalue weighted by atomic mass is 9.87. The summed E-state index contributed by atoms with van der Waals surface area (Å²) in [5, 5.41) is 0. The van der Waals surface area contributed by atoms with Crippen molar-refractivity contribution in [2.45, 2.75) is 18.9 Å². The van der Waals surface area contributed by atoms with Crippen LogP contribution < -0.4 is 4.74 Å². The fourth-order valence-corrected chi connectivity index (χ4v) is 5.11. The van der Waals surface area contributed by atoms with Gasteiger partial charge in [0.1, 0.15) is 5.75 Å². The number of amides is 2. The highest BCUT2D eigenvalue weighted by molar-refractivity contribution is 5.95. The van der Waals surface area contributed by atoms with Crippen molar-refractivity contribution in [3.05, 3.63) is 101 Å². The SMILES string of the molecule is COc1cccc(C2CN(C(=O)c3ccccc3)CC2C(=O)N2CCc3ccccc3C2)c1. The van der Waals surface area contributed by atoms with Crippen LogP contribution in [0, 0.1) is 5.92 Å². The van der Waals surface area contributed by atoms with E-state index in [1.165, 1.54) is 11.1 Å². The number of ether oxygens (including phenoxy) is 1. The number of likely N-dealkylation sites (tertiary alicyclic amines) is 1. The molecule has 0 bridgehead atoms. The van der Waals surface area contributed by atoms with Crippen LogP contribution in [0.5, 0.6) is 5.75 Å². The molecule has 2 unspecified atom stereocenters. The molecule has 33 heavy (non-hydrogen) atoms. The third-order valence-corrected chi connectivity index (χ3v) is 6.91. The van der Waals surface area contributed by atoms with E-state index in [0.29, 0.717) is 31.7 Å². The molecule has 0 aromatic heterocycles. The lowest BCUT2D eigenvalue weighted by Crippen LogP contribution is -2.42. The minimum absolute atomic E-state index is 0.0252. The quantitative estimate of drug-likeness (QED) is 0.613. The molecule has 2 atom stereocenters. The summed E-state index contributed by atoms with van der Waals surface area (Å²) in [5.74, 6) is 0.509. The Morgan fingerprint density at radius 2 is 1.61 bits per heavy atom. The van der Waals surface area contributed by atoms with Crippen LogP contribution in [0.15, 0.2) is 78.9 Å². The molecular formula is C28H28N2O3. The molecule has 3 aromatic carbocycles. The van der Waals surface area contributed by atoms with E-state index in [2.05, 4.69) is 18.2 Å². The molecule has 1 saturated heterocycles. The summed E-state index contributed by atoms with van der Waals surface area (Å²) in [5.41, 5.74) is 4.22. The van der Waals surface area contributed by atoms with Gasteiger partial charge < -0.3 is 14.5 Å². The first-order valence-corrected chi connectivity index (χ1v) is 11.5. The van der Waals surface area contributed by atoms with Gasteiger partial charge in [-0.1, -0.05) is 54.6 Å². The molecule has 1 fully saturated rings. The zero-order valence-corrected chi connectivity index (χ0v) is 18.8. The molecular weight excluding hydrogens is 412 g/mol. The van der Waals surface area contributed by atoms with Gasteiger partial charge in [0, 0.05) is 37.7 Å². The Morgan fingerprint density at radius 1 is 0.848 bits per heavy atom. The third-order valence-electron chi connectivity index (χ3n) is 6.91. The van der Waals surface area contributed by atoms with Crippen molar-refractivity contribution in [3.63, 3.8) is 0 Å². The van der Waals surface area contributed by atoms with Gasteiger partial charge in [0.05, 0.1) is 13.0 Å². The van der Waals surface area contributed by atoms with Crippen LogP contribution in [0.1, 0.15) is 33.0 Å². The predicted octanol–water partition coefficient (Wildman–Crippen LogP) is 4.14. The average Bonchev–Trinajstić information content (AvgIpc) is 3.33. The maximum absolute atomic E-state index is 13.8. The predicted molar refractivity (Wildman–Crippen MR) is 127 cm³/mol. The molecule has 2 heterocycles. The highest BCUT2D eigenvalue weighted by Crippen LogP contribution is 2.37. The fraction of sp³-hybridized carbons (Fsp3) is 0.286. The molecule has 0 radical (unpaired) electrons. The average molecular weight is 441 g/mol. The minimum atomic E-state index is -0.282. The zero-order valence-electron chi connectivity index (χ0n) is 18.8. The first kappa shape index (κ1) is 21.3. The Balaban J connectivity index is 1.43. The van der Waals surface area contributed by atoms with E-state index < -0.39 is 0 Å². The molecule has 3 aromatic rings. The van der Waals surface area contributed by atoms with Crippen molar-refractivity contribution >= 4 is 11.8 Å². The number of carbonyl (C=O) groups excluding carboxylic acids is 2. The van der Waals surface area contributed by atoms with Gasteiger partial charge in [-0.3, -0.25) is 9.59 Å². The number of nitrogens with zero attached hydrogens (tertiary/aromatic N) is 2. The van der Waals surface area contributed by atoms with Gasteiger partial charge in [-0.25, -0.2) is 0 Å². The Morgan fingerprint density at radius 3 is 2.39 bits per heavy atom. The summed E-state index contributed by atoms with van der Waals surface area (Å²) < 4.78 is 5.43. The molecule has 5 heteroatoms.